The summed E-state index contributed by atoms with van der Waals surface area (Å²) >= 11 is 1.87. The molecule has 0 saturated heterocycles. The molecule has 9 rings (SSSR count). The van der Waals surface area contributed by atoms with Crippen molar-refractivity contribution in [2.24, 2.45) is 0 Å². The van der Waals surface area contributed by atoms with Gasteiger partial charge in [0.05, 0.1) is 0 Å². The highest BCUT2D eigenvalue weighted by molar-refractivity contribution is 8.00. The Morgan fingerprint density at radius 2 is 0.788 bits per heavy atom. The summed E-state index contributed by atoms with van der Waals surface area (Å²) in [5.41, 5.74) is 11.0. The van der Waals surface area contributed by atoms with E-state index in [9.17, 15) is 4.57 Å². The standard InChI is InChI=1S/C48H34BOPS/c50-51(42-20-6-2-7-21-42,43-22-8-3-9-23-43)44-29-26-35(27-30-44)36-14-12-15-37(32-36)38-16-13-17-39(33-38)40-28-31-46-48(34-40)52-47-25-11-10-24-45(47)49(46)41-18-4-1-5-19-41/h1-34H. The Morgan fingerprint density at radius 1 is 0.346 bits per heavy atom. The second-order valence-electron chi connectivity index (χ2n) is 13.2. The van der Waals surface area contributed by atoms with Gasteiger partial charge in [0.2, 0.25) is 6.71 Å². The lowest BCUT2D eigenvalue weighted by molar-refractivity contribution is 0.592. The summed E-state index contributed by atoms with van der Waals surface area (Å²) in [5.74, 6) is 0. The molecule has 0 N–H and O–H groups in total. The fourth-order valence-corrected chi connectivity index (χ4v) is 11.3. The van der Waals surface area contributed by atoms with E-state index >= 15 is 0 Å². The van der Waals surface area contributed by atoms with Crippen molar-refractivity contribution in [1.82, 2.24) is 0 Å². The van der Waals surface area contributed by atoms with Gasteiger partial charge < -0.3 is 4.57 Å². The number of hydrogen-bond donors (Lipinski definition) is 0. The van der Waals surface area contributed by atoms with Crippen LogP contribution in [0.4, 0.5) is 0 Å². The van der Waals surface area contributed by atoms with Gasteiger partial charge in [-0.1, -0.05) is 210 Å². The molecule has 0 saturated carbocycles. The molecule has 0 spiro atoms. The quantitative estimate of drug-likeness (QED) is 0.122. The van der Waals surface area contributed by atoms with E-state index < -0.39 is 7.14 Å². The van der Waals surface area contributed by atoms with Crippen molar-refractivity contribution in [3.8, 4) is 33.4 Å². The molecule has 8 aromatic rings. The van der Waals surface area contributed by atoms with Crippen molar-refractivity contribution in [3.05, 3.63) is 206 Å². The Balaban J connectivity index is 1.03. The van der Waals surface area contributed by atoms with Gasteiger partial charge in [0, 0.05) is 25.7 Å². The summed E-state index contributed by atoms with van der Waals surface area (Å²) in [6.07, 6.45) is 0. The van der Waals surface area contributed by atoms with Crippen molar-refractivity contribution in [2.75, 3.05) is 0 Å². The lowest BCUT2D eigenvalue weighted by Gasteiger charge is -2.26. The van der Waals surface area contributed by atoms with Gasteiger partial charge in [-0.3, -0.25) is 0 Å². The van der Waals surface area contributed by atoms with E-state index in [2.05, 4.69) is 133 Å². The highest BCUT2D eigenvalue weighted by Gasteiger charge is 2.31. The molecule has 0 amide bonds. The molecular weight excluding hydrogens is 666 g/mol. The fourth-order valence-electron chi connectivity index (χ4n) is 7.49. The molecular formula is C48H34BOPS. The second-order valence-corrected chi connectivity index (χ2v) is 17.1. The van der Waals surface area contributed by atoms with Gasteiger partial charge in [-0.15, -0.1) is 0 Å². The topological polar surface area (TPSA) is 17.1 Å². The average molecular weight is 701 g/mol. The Morgan fingerprint density at radius 3 is 1.38 bits per heavy atom. The van der Waals surface area contributed by atoms with E-state index in [1.807, 2.05) is 84.6 Å². The number of benzene rings is 8. The van der Waals surface area contributed by atoms with Gasteiger partial charge in [0.1, 0.15) is 0 Å². The lowest BCUT2D eigenvalue weighted by atomic mass is 9.36. The smallest absolute Gasteiger partial charge is 0.244 e. The molecule has 0 unspecified atom stereocenters. The molecule has 1 heterocycles. The molecule has 8 aromatic carbocycles. The predicted octanol–water partition coefficient (Wildman–Crippen LogP) is 9.31. The molecule has 4 heteroatoms. The zero-order chi connectivity index (χ0) is 34.9. The minimum Gasteiger partial charge on any atom is -0.309 e. The van der Waals surface area contributed by atoms with Crippen LogP contribution < -0.4 is 32.3 Å². The minimum atomic E-state index is -3.02. The van der Waals surface area contributed by atoms with Gasteiger partial charge in [0.25, 0.3) is 0 Å². The van der Waals surface area contributed by atoms with E-state index in [1.54, 1.807) is 0 Å². The van der Waals surface area contributed by atoms with Crippen LogP contribution in [0, 0.1) is 0 Å². The maximum absolute atomic E-state index is 14.9. The Bertz CT molecular complexity index is 2530. The van der Waals surface area contributed by atoms with Crippen LogP contribution in [0.2, 0.25) is 0 Å². The van der Waals surface area contributed by atoms with Crippen LogP contribution in [0.25, 0.3) is 33.4 Å². The third-order valence-electron chi connectivity index (χ3n) is 10.1. The molecule has 0 radical (unpaired) electrons. The normalized spacial score (nSPS) is 12.2. The highest BCUT2D eigenvalue weighted by atomic mass is 32.2. The largest absolute Gasteiger partial charge is 0.309 e. The van der Waals surface area contributed by atoms with Crippen LogP contribution in [-0.4, -0.2) is 6.71 Å². The van der Waals surface area contributed by atoms with Crippen LogP contribution in [0.3, 0.4) is 0 Å². The zero-order valence-corrected chi connectivity index (χ0v) is 30.2. The van der Waals surface area contributed by atoms with Gasteiger partial charge in [-0.25, -0.2) is 0 Å². The van der Waals surface area contributed by atoms with Gasteiger partial charge in [0.15, 0.2) is 7.14 Å². The van der Waals surface area contributed by atoms with Crippen molar-refractivity contribution in [3.63, 3.8) is 0 Å². The summed E-state index contributed by atoms with van der Waals surface area (Å²) in [7, 11) is -3.02. The highest BCUT2D eigenvalue weighted by Crippen LogP contribution is 2.43. The Kier molecular flexibility index (Phi) is 8.61. The van der Waals surface area contributed by atoms with Crippen LogP contribution in [-0.2, 0) is 4.57 Å². The molecule has 0 atom stereocenters. The van der Waals surface area contributed by atoms with Crippen LogP contribution in [0.15, 0.2) is 216 Å². The molecule has 52 heavy (non-hydrogen) atoms. The van der Waals surface area contributed by atoms with E-state index in [4.69, 9.17) is 0 Å². The maximum atomic E-state index is 14.9. The third kappa shape index (κ3) is 5.97. The summed E-state index contributed by atoms with van der Waals surface area (Å²) in [5, 5.41) is 2.52. The first-order valence-corrected chi connectivity index (χ1v) is 20.2. The van der Waals surface area contributed by atoms with E-state index in [0.717, 1.165) is 32.6 Å². The first kappa shape index (κ1) is 32.3. The molecule has 246 valence electrons. The summed E-state index contributed by atoms with van der Waals surface area (Å²) in [6, 6.07) is 72.2. The van der Waals surface area contributed by atoms with Crippen molar-refractivity contribution in [2.45, 2.75) is 9.79 Å². The van der Waals surface area contributed by atoms with Crippen LogP contribution in [0.1, 0.15) is 0 Å². The molecule has 0 bridgehead atoms. The number of rotatable bonds is 7. The van der Waals surface area contributed by atoms with Gasteiger partial charge >= 0.3 is 0 Å². The van der Waals surface area contributed by atoms with Crippen LogP contribution in [0.5, 0.6) is 0 Å². The number of hydrogen-bond acceptors (Lipinski definition) is 2. The van der Waals surface area contributed by atoms with E-state index in [1.165, 1.54) is 42.9 Å². The van der Waals surface area contributed by atoms with Gasteiger partial charge in [-0.2, -0.15) is 0 Å². The predicted molar refractivity (Wildman–Crippen MR) is 224 cm³/mol. The van der Waals surface area contributed by atoms with Crippen molar-refractivity contribution >= 4 is 57.9 Å². The zero-order valence-electron chi connectivity index (χ0n) is 28.5. The fraction of sp³-hybridized carbons (Fsp3) is 0. The molecule has 1 aliphatic rings. The summed E-state index contributed by atoms with van der Waals surface area (Å²) in [6.45, 7) is 0.217. The minimum absolute atomic E-state index is 0.217. The molecule has 0 aliphatic carbocycles. The first-order valence-electron chi connectivity index (χ1n) is 17.6. The van der Waals surface area contributed by atoms with Crippen LogP contribution >= 0.6 is 18.9 Å². The molecule has 0 aromatic heterocycles. The number of fused-ring (bicyclic) bond motifs is 2. The first-order chi connectivity index (χ1) is 25.6. The lowest BCUT2D eigenvalue weighted by Crippen LogP contribution is -2.55. The van der Waals surface area contributed by atoms with Crippen molar-refractivity contribution < 1.29 is 4.57 Å². The average Bonchev–Trinajstić information content (AvgIpc) is 3.23. The third-order valence-corrected chi connectivity index (χ3v) is 14.3. The summed E-state index contributed by atoms with van der Waals surface area (Å²) in [4.78, 5) is 2.63. The summed E-state index contributed by atoms with van der Waals surface area (Å²) < 4.78 is 14.9. The van der Waals surface area contributed by atoms with Crippen molar-refractivity contribution in [1.29, 1.82) is 0 Å². The molecule has 1 aliphatic heterocycles. The monoisotopic (exact) mass is 700 g/mol. The SMILES string of the molecule is O=P(c1ccccc1)(c1ccccc1)c1ccc(-c2cccc(-c3cccc(-c4ccc5c(c4)Sc4ccccc4B5c4ccccc4)c3)c2)cc1. The Labute approximate surface area is 310 Å². The van der Waals surface area contributed by atoms with E-state index in [-0.39, 0.29) is 6.71 Å². The Hall–Kier alpha value is -5.60. The second kappa shape index (κ2) is 13.8. The molecule has 0 fully saturated rings. The maximum Gasteiger partial charge on any atom is 0.244 e. The van der Waals surface area contributed by atoms with E-state index in [0.29, 0.717) is 0 Å². The van der Waals surface area contributed by atoms with Gasteiger partial charge in [-0.05, 0) is 57.6 Å². The molecule has 1 nitrogen and oxygen atoms in total.